The number of nitrogens with zero attached hydrogens (tertiary/aromatic N) is 2. The summed E-state index contributed by atoms with van der Waals surface area (Å²) >= 11 is 1.44. The lowest BCUT2D eigenvalue weighted by atomic mass is 10.1. The molecule has 0 unspecified atom stereocenters. The Morgan fingerprint density at radius 1 is 1.11 bits per heavy atom. The van der Waals surface area contributed by atoms with Crippen LogP contribution in [-0.2, 0) is 6.18 Å². The number of hydrogen-bond donors (Lipinski definition) is 0. The van der Waals surface area contributed by atoms with E-state index in [0.29, 0.717) is 11.4 Å². The van der Waals surface area contributed by atoms with E-state index in [1.54, 1.807) is 13.1 Å². The van der Waals surface area contributed by atoms with E-state index in [4.69, 9.17) is 0 Å². The number of benzene rings is 1. The molecule has 0 atom stereocenters. The molecule has 0 radical (unpaired) electrons. The summed E-state index contributed by atoms with van der Waals surface area (Å²) in [5, 5.41) is 0.757. The summed E-state index contributed by atoms with van der Waals surface area (Å²) in [5.74, 6) is 0.639. The second-order valence-electron chi connectivity index (χ2n) is 3.92. The van der Waals surface area contributed by atoms with Gasteiger partial charge in [0.05, 0.1) is 5.56 Å². The molecule has 0 N–H and O–H groups in total. The molecule has 0 aliphatic carbocycles. The molecule has 1 aromatic carbocycles. The maximum atomic E-state index is 12.5. The van der Waals surface area contributed by atoms with Crippen molar-refractivity contribution < 1.29 is 13.2 Å². The highest BCUT2D eigenvalue weighted by atomic mass is 32.2. The summed E-state index contributed by atoms with van der Waals surface area (Å²) in [5.41, 5.74) is 0.763. The summed E-state index contributed by atoms with van der Waals surface area (Å²) in [6, 6.07) is 5.02. The van der Waals surface area contributed by atoms with E-state index in [1.165, 1.54) is 23.9 Å². The fraction of sp³-hybridized carbons (Fsp3) is 0.231. The van der Waals surface area contributed by atoms with Crippen molar-refractivity contribution in [2.24, 2.45) is 0 Å². The monoisotopic (exact) mass is 284 g/mol. The Morgan fingerprint density at radius 3 is 2.26 bits per heavy atom. The summed E-state index contributed by atoms with van der Waals surface area (Å²) in [4.78, 5) is 8.36. The Bertz CT molecular complexity index is 579. The van der Waals surface area contributed by atoms with Crippen LogP contribution < -0.4 is 0 Å². The van der Waals surface area contributed by atoms with Gasteiger partial charge in [0.2, 0.25) is 0 Å². The van der Waals surface area contributed by atoms with Crippen LogP contribution in [0.3, 0.4) is 0 Å². The molecule has 0 amide bonds. The van der Waals surface area contributed by atoms with Gasteiger partial charge in [0.25, 0.3) is 0 Å². The van der Waals surface area contributed by atoms with Crippen LogP contribution >= 0.6 is 11.8 Å². The highest BCUT2D eigenvalue weighted by Gasteiger charge is 2.30. The zero-order valence-electron chi connectivity index (χ0n) is 10.3. The quantitative estimate of drug-likeness (QED) is 0.611. The van der Waals surface area contributed by atoms with Crippen LogP contribution in [0.25, 0.3) is 11.1 Å². The third-order valence-electron chi connectivity index (χ3n) is 2.59. The third-order valence-corrected chi connectivity index (χ3v) is 3.29. The van der Waals surface area contributed by atoms with Crippen molar-refractivity contribution in [1.29, 1.82) is 0 Å². The summed E-state index contributed by atoms with van der Waals surface area (Å²) < 4.78 is 37.5. The smallest absolute Gasteiger partial charge is 0.241 e. The molecule has 0 aliphatic rings. The zero-order chi connectivity index (χ0) is 14.0. The van der Waals surface area contributed by atoms with Crippen LogP contribution in [-0.4, -0.2) is 16.2 Å². The minimum absolute atomic E-state index is 0.639. The van der Waals surface area contributed by atoms with Gasteiger partial charge in [0, 0.05) is 11.8 Å². The Hall–Kier alpha value is -1.56. The molecule has 0 bridgehead atoms. The van der Waals surface area contributed by atoms with Gasteiger partial charge in [-0.1, -0.05) is 12.1 Å². The van der Waals surface area contributed by atoms with Crippen molar-refractivity contribution >= 4 is 11.8 Å². The van der Waals surface area contributed by atoms with Crippen LogP contribution in [0.1, 0.15) is 11.4 Å². The third kappa shape index (κ3) is 3.07. The average molecular weight is 284 g/mol. The molecule has 1 heterocycles. The lowest BCUT2D eigenvalue weighted by molar-refractivity contribution is -0.137. The summed E-state index contributed by atoms with van der Waals surface area (Å²) in [6.45, 7) is 1.77. The maximum absolute atomic E-state index is 12.5. The topological polar surface area (TPSA) is 25.8 Å². The first-order valence-corrected chi connectivity index (χ1v) is 6.69. The zero-order valence-corrected chi connectivity index (χ0v) is 11.1. The second-order valence-corrected chi connectivity index (χ2v) is 4.71. The van der Waals surface area contributed by atoms with Crippen molar-refractivity contribution in [2.75, 3.05) is 6.26 Å². The number of aromatic nitrogens is 2. The first-order valence-electron chi connectivity index (χ1n) is 5.47. The van der Waals surface area contributed by atoms with Crippen LogP contribution in [0.2, 0.25) is 0 Å². The predicted octanol–water partition coefficient (Wildman–Crippen LogP) is 4.19. The molecule has 19 heavy (non-hydrogen) atoms. The molecule has 2 rings (SSSR count). The highest BCUT2D eigenvalue weighted by Crippen LogP contribution is 2.32. The fourth-order valence-corrected chi connectivity index (χ4v) is 2.26. The lowest BCUT2D eigenvalue weighted by Crippen LogP contribution is -2.04. The van der Waals surface area contributed by atoms with Crippen LogP contribution in [0.4, 0.5) is 13.2 Å². The first kappa shape index (κ1) is 13.9. The molecule has 0 spiro atoms. The van der Waals surface area contributed by atoms with E-state index in [-0.39, 0.29) is 0 Å². The van der Waals surface area contributed by atoms with Gasteiger partial charge in [-0.05, 0) is 30.9 Å². The Balaban J connectivity index is 2.43. The minimum Gasteiger partial charge on any atom is -0.241 e. The maximum Gasteiger partial charge on any atom is 0.416 e. The predicted molar refractivity (Wildman–Crippen MR) is 69.0 cm³/mol. The van der Waals surface area contributed by atoms with Crippen LogP contribution in [0, 0.1) is 6.92 Å². The number of thioether (sulfide) groups is 1. The Labute approximate surface area is 113 Å². The minimum atomic E-state index is -4.31. The van der Waals surface area contributed by atoms with Crippen LogP contribution in [0.15, 0.2) is 35.5 Å². The van der Waals surface area contributed by atoms with Crippen molar-refractivity contribution in [3.8, 4) is 11.1 Å². The van der Waals surface area contributed by atoms with Gasteiger partial charge in [0.1, 0.15) is 10.9 Å². The summed E-state index contributed by atoms with van der Waals surface area (Å²) in [6.07, 6.45) is -0.809. The van der Waals surface area contributed by atoms with Gasteiger partial charge < -0.3 is 0 Å². The Morgan fingerprint density at radius 2 is 1.74 bits per heavy atom. The molecule has 0 saturated carbocycles. The van der Waals surface area contributed by atoms with Gasteiger partial charge >= 0.3 is 6.18 Å². The van der Waals surface area contributed by atoms with Gasteiger partial charge in [-0.3, -0.25) is 0 Å². The van der Waals surface area contributed by atoms with E-state index in [9.17, 15) is 13.2 Å². The van der Waals surface area contributed by atoms with Gasteiger partial charge in [0.15, 0.2) is 0 Å². The molecule has 0 aliphatic heterocycles. The van der Waals surface area contributed by atoms with Gasteiger partial charge in [-0.25, -0.2) is 9.97 Å². The normalized spacial score (nSPS) is 11.6. The van der Waals surface area contributed by atoms with E-state index in [1.807, 2.05) is 6.26 Å². The molecule has 2 nitrogen and oxygen atoms in total. The molecule has 6 heteroatoms. The lowest BCUT2D eigenvalue weighted by Gasteiger charge is -2.09. The number of alkyl halides is 3. The molecule has 0 saturated heterocycles. The van der Waals surface area contributed by atoms with Crippen LogP contribution in [0.5, 0.6) is 0 Å². The molecular formula is C13H11F3N2S. The van der Waals surface area contributed by atoms with Crippen molar-refractivity contribution in [3.05, 3.63) is 41.9 Å². The van der Waals surface area contributed by atoms with E-state index >= 15 is 0 Å². The number of hydrogen-bond acceptors (Lipinski definition) is 3. The van der Waals surface area contributed by atoms with E-state index < -0.39 is 11.7 Å². The fourth-order valence-electron chi connectivity index (χ4n) is 1.64. The van der Waals surface area contributed by atoms with E-state index in [2.05, 4.69) is 9.97 Å². The molecule has 100 valence electrons. The molecule has 0 fully saturated rings. The van der Waals surface area contributed by atoms with Gasteiger partial charge in [-0.15, -0.1) is 11.8 Å². The first-order chi connectivity index (χ1) is 8.91. The number of halogens is 3. The largest absolute Gasteiger partial charge is 0.416 e. The molecule has 1 aromatic heterocycles. The molecular weight excluding hydrogens is 273 g/mol. The number of aryl methyl sites for hydroxylation is 1. The van der Waals surface area contributed by atoms with Crippen molar-refractivity contribution in [2.45, 2.75) is 18.1 Å². The standard InChI is InChI=1S/C13H11F3N2S/c1-8-17-7-11(12(18-8)19-2)9-3-5-10(6-4-9)13(14,15)16/h3-7H,1-2H3. The van der Waals surface area contributed by atoms with Crippen molar-refractivity contribution in [3.63, 3.8) is 0 Å². The van der Waals surface area contributed by atoms with Crippen molar-refractivity contribution in [1.82, 2.24) is 9.97 Å². The highest BCUT2D eigenvalue weighted by molar-refractivity contribution is 7.98. The summed E-state index contributed by atoms with van der Waals surface area (Å²) in [7, 11) is 0. The van der Waals surface area contributed by atoms with E-state index in [0.717, 1.165) is 22.7 Å². The average Bonchev–Trinajstić information content (AvgIpc) is 2.37. The number of rotatable bonds is 2. The second kappa shape index (κ2) is 5.21. The SMILES string of the molecule is CSc1nc(C)ncc1-c1ccc(C(F)(F)F)cc1. The Kier molecular flexibility index (Phi) is 3.80. The van der Waals surface area contributed by atoms with Gasteiger partial charge in [-0.2, -0.15) is 13.2 Å². The molecule has 2 aromatic rings.